The van der Waals surface area contributed by atoms with Crippen molar-refractivity contribution in [3.63, 3.8) is 0 Å². The Morgan fingerprint density at radius 2 is 1.62 bits per heavy atom. The molecule has 2 aromatic rings. The summed E-state index contributed by atoms with van der Waals surface area (Å²) in [5, 5.41) is 10.1. The van der Waals surface area contributed by atoms with Crippen LogP contribution in [-0.4, -0.2) is 56.3 Å². The smallest absolute Gasteiger partial charge is 0.187 e. The summed E-state index contributed by atoms with van der Waals surface area (Å²) in [5.41, 5.74) is 3.88. The number of aromatic hydroxyl groups is 1. The number of ketones is 1. The van der Waals surface area contributed by atoms with E-state index in [0.29, 0.717) is 48.4 Å². The summed E-state index contributed by atoms with van der Waals surface area (Å²) in [7, 11) is 4.76. The standard InChI is InChI=1S/C28H31NO5/c1-5-6-19-11-18(7-10-24(19)30)12-21-16-29(23-8-9-23)17-22(28(21)31)13-20-14-26(33-3)27(34-4)15-25(20)32-2/h5,7,10-15,23,30H,1,6,8-9,16-17H2,2-4H3/b21-12+,22-13+. The Labute approximate surface area is 200 Å². The topological polar surface area (TPSA) is 68.2 Å². The highest BCUT2D eigenvalue weighted by Gasteiger charge is 2.35. The summed E-state index contributed by atoms with van der Waals surface area (Å²) in [4.78, 5) is 15.9. The molecule has 1 heterocycles. The molecule has 6 heteroatoms. The first-order valence-electron chi connectivity index (χ1n) is 11.4. The highest BCUT2D eigenvalue weighted by molar-refractivity contribution is 6.14. The Hall–Kier alpha value is -3.51. The number of allylic oxidation sites excluding steroid dienone is 1. The lowest BCUT2D eigenvalue weighted by molar-refractivity contribution is -0.113. The zero-order chi connectivity index (χ0) is 24.2. The Bertz CT molecular complexity index is 1160. The molecule has 2 fully saturated rings. The highest BCUT2D eigenvalue weighted by Crippen LogP contribution is 2.37. The van der Waals surface area contributed by atoms with E-state index < -0.39 is 0 Å². The van der Waals surface area contributed by atoms with Gasteiger partial charge in [0.2, 0.25) is 0 Å². The Kier molecular flexibility index (Phi) is 7.08. The summed E-state index contributed by atoms with van der Waals surface area (Å²) in [6.45, 7) is 4.96. The molecule has 6 nitrogen and oxygen atoms in total. The van der Waals surface area contributed by atoms with Crippen LogP contribution in [-0.2, 0) is 11.2 Å². The van der Waals surface area contributed by atoms with Crippen LogP contribution in [0, 0.1) is 0 Å². The van der Waals surface area contributed by atoms with E-state index in [1.807, 2.05) is 30.4 Å². The lowest BCUT2D eigenvalue weighted by Gasteiger charge is -2.30. The molecule has 0 unspecified atom stereocenters. The summed E-state index contributed by atoms with van der Waals surface area (Å²) in [6.07, 6.45) is 8.45. The first-order valence-corrected chi connectivity index (χ1v) is 11.4. The number of rotatable bonds is 8. The average Bonchev–Trinajstić information content (AvgIpc) is 3.69. The number of phenolic OH excluding ortho intramolecular Hbond substituents is 1. The lowest BCUT2D eigenvalue weighted by Crippen LogP contribution is -2.39. The predicted molar refractivity (Wildman–Crippen MR) is 134 cm³/mol. The molecule has 1 saturated carbocycles. The van der Waals surface area contributed by atoms with Crippen LogP contribution in [0.5, 0.6) is 23.0 Å². The van der Waals surface area contributed by atoms with Gasteiger partial charge >= 0.3 is 0 Å². The number of carbonyl (C=O) groups is 1. The van der Waals surface area contributed by atoms with Gasteiger partial charge in [-0.25, -0.2) is 0 Å². The number of hydrogen-bond acceptors (Lipinski definition) is 6. The number of likely N-dealkylation sites (tertiary alicyclic amines) is 1. The van der Waals surface area contributed by atoms with Crippen molar-refractivity contribution in [2.75, 3.05) is 34.4 Å². The predicted octanol–water partition coefficient (Wildman–Crippen LogP) is 4.66. The minimum absolute atomic E-state index is 0.0204. The molecule has 178 valence electrons. The first-order chi connectivity index (χ1) is 16.5. The normalized spacial score (nSPS) is 18.9. The van der Waals surface area contributed by atoms with E-state index in [2.05, 4.69) is 11.5 Å². The molecule has 4 rings (SSSR count). The van der Waals surface area contributed by atoms with Crippen molar-refractivity contribution in [2.24, 2.45) is 0 Å². The van der Waals surface area contributed by atoms with Crippen LogP contribution >= 0.6 is 0 Å². The van der Waals surface area contributed by atoms with Crippen molar-refractivity contribution in [2.45, 2.75) is 25.3 Å². The fourth-order valence-electron chi connectivity index (χ4n) is 4.33. The Morgan fingerprint density at radius 3 is 2.24 bits per heavy atom. The maximum atomic E-state index is 13.6. The number of Topliss-reactive ketones (excluding diaryl/α,β-unsaturated/α-hetero) is 1. The molecule has 1 saturated heterocycles. The zero-order valence-corrected chi connectivity index (χ0v) is 20.0. The fraction of sp³-hybridized carbons (Fsp3) is 0.321. The van der Waals surface area contributed by atoms with Gasteiger partial charge in [-0.3, -0.25) is 9.69 Å². The second-order valence-corrected chi connectivity index (χ2v) is 8.63. The first kappa shape index (κ1) is 23.6. The summed E-state index contributed by atoms with van der Waals surface area (Å²) >= 11 is 0. The van der Waals surface area contributed by atoms with Crippen LogP contribution < -0.4 is 14.2 Å². The number of ether oxygens (including phenoxy) is 3. The van der Waals surface area contributed by atoms with E-state index in [0.717, 1.165) is 35.1 Å². The van der Waals surface area contributed by atoms with Crippen molar-refractivity contribution in [1.82, 2.24) is 4.90 Å². The number of phenols is 1. The van der Waals surface area contributed by atoms with Crippen LogP contribution in [0.15, 0.2) is 54.1 Å². The highest BCUT2D eigenvalue weighted by atomic mass is 16.5. The van der Waals surface area contributed by atoms with Gasteiger partial charge < -0.3 is 19.3 Å². The van der Waals surface area contributed by atoms with Crippen molar-refractivity contribution in [1.29, 1.82) is 0 Å². The molecule has 0 spiro atoms. The van der Waals surface area contributed by atoms with Crippen LogP contribution in [0.4, 0.5) is 0 Å². The van der Waals surface area contributed by atoms with Crippen LogP contribution in [0.25, 0.3) is 12.2 Å². The van der Waals surface area contributed by atoms with Crippen LogP contribution in [0.1, 0.15) is 29.5 Å². The molecule has 34 heavy (non-hydrogen) atoms. The van der Waals surface area contributed by atoms with Gasteiger partial charge in [-0.15, -0.1) is 6.58 Å². The third-order valence-electron chi connectivity index (χ3n) is 6.27. The van der Waals surface area contributed by atoms with Gasteiger partial charge in [0.15, 0.2) is 17.3 Å². The van der Waals surface area contributed by atoms with Crippen molar-refractivity contribution < 1.29 is 24.1 Å². The molecule has 1 aliphatic heterocycles. The maximum Gasteiger partial charge on any atom is 0.187 e. The van der Waals surface area contributed by atoms with Gasteiger partial charge in [0.05, 0.1) is 21.3 Å². The molecule has 1 aliphatic carbocycles. The minimum Gasteiger partial charge on any atom is -0.508 e. The molecule has 2 aliphatic rings. The molecule has 2 aromatic carbocycles. The van der Waals surface area contributed by atoms with Gasteiger partial charge in [-0.05, 0) is 60.7 Å². The van der Waals surface area contributed by atoms with Crippen LogP contribution in [0.2, 0.25) is 0 Å². The molecule has 0 amide bonds. The molecule has 0 atom stereocenters. The molecule has 0 aromatic heterocycles. The van der Waals surface area contributed by atoms with Gasteiger partial charge in [0, 0.05) is 41.9 Å². The monoisotopic (exact) mass is 461 g/mol. The number of piperidine rings is 1. The maximum absolute atomic E-state index is 13.6. The van der Waals surface area contributed by atoms with Gasteiger partial charge in [-0.1, -0.05) is 12.1 Å². The van der Waals surface area contributed by atoms with E-state index in [9.17, 15) is 9.90 Å². The second-order valence-electron chi connectivity index (χ2n) is 8.63. The molecule has 0 radical (unpaired) electrons. The fourth-order valence-corrected chi connectivity index (χ4v) is 4.33. The molecular weight excluding hydrogens is 430 g/mol. The lowest BCUT2D eigenvalue weighted by atomic mass is 9.93. The zero-order valence-electron chi connectivity index (χ0n) is 20.0. The number of hydrogen-bond donors (Lipinski definition) is 1. The number of carbonyl (C=O) groups excluding carboxylic acids is 1. The number of benzene rings is 2. The van der Waals surface area contributed by atoms with E-state index in [4.69, 9.17) is 14.2 Å². The SMILES string of the molecule is C=CCc1cc(/C=C2\CN(C3CC3)C/C(=C\c3cc(OC)c(OC)cc3OC)C2=O)ccc1O. The van der Waals surface area contributed by atoms with Gasteiger partial charge in [0.1, 0.15) is 11.5 Å². The summed E-state index contributed by atoms with van der Waals surface area (Å²) in [5.74, 6) is 2.01. The third-order valence-corrected chi connectivity index (χ3v) is 6.27. The van der Waals surface area contributed by atoms with E-state index in [1.54, 1.807) is 39.5 Å². The minimum atomic E-state index is 0.0204. The third kappa shape index (κ3) is 5.02. The Morgan fingerprint density at radius 1 is 0.971 bits per heavy atom. The van der Waals surface area contributed by atoms with Crippen LogP contribution in [0.3, 0.4) is 0 Å². The van der Waals surface area contributed by atoms with Crippen molar-refractivity contribution >= 4 is 17.9 Å². The van der Waals surface area contributed by atoms with E-state index in [-0.39, 0.29) is 11.5 Å². The molecule has 0 bridgehead atoms. The van der Waals surface area contributed by atoms with Crippen molar-refractivity contribution in [3.05, 3.63) is 70.8 Å². The van der Waals surface area contributed by atoms with Gasteiger partial charge in [0.25, 0.3) is 0 Å². The number of nitrogens with zero attached hydrogens (tertiary/aromatic N) is 1. The van der Waals surface area contributed by atoms with Crippen molar-refractivity contribution in [3.8, 4) is 23.0 Å². The average molecular weight is 462 g/mol. The summed E-state index contributed by atoms with van der Waals surface area (Å²) in [6, 6.07) is 9.52. The molecule has 1 N–H and O–H groups in total. The number of methoxy groups -OCH3 is 3. The summed E-state index contributed by atoms with van der Waals surface area (Å²) < 4.78 is 16.4. The quantitative estimate of drug-likeness (QED) is 0.456. The van der Waals surface area contributed by atoms with Gasteiger partial charge in [-0.2, -0.15) is 0 Å². The van der Waals surface area contributed by atoms with E-state index >= 15 is 0 Å². The Balaban J connectivity index is 1.74. The largest absolute Gasteiger partial charge is 0.508 e. The van der Waals surface area contributed by atoms with E-state index in [1.165, 1.54) is 0 Å². The molecular formula is C28H31NO5. The second kappa shape index (κ2) is 10.2.